The first-order chi connectivity index (χ1) is 6.75. The summed E-state index contributed by atoms with van der Waals surface area (Å²) >= 11 is 0. The highest BCUT2D eigenvalue weighted by atomic mass is 19.1. The molecule has 3 nitrogen and oxygen atoms in total. The maximum Gasteiger partial charge on any atom is 0.146 e. The fourth-order valence-electron chi connectivity index (χ4n) is 1.12. The molecule has 0 fully saturated rings. The zero-order valence-corrected chi connectivity index (χ0v) is 7.31. The first-order valence-corrected chi connectivity index (χ1v) is 4.11. The van der Waals surface area contributed by atoms with Crippen LogP contribution in [0.4, 0.5) is 10.2 Å². The largest absolute Gasteiger partial charge is 0.382 e. The predicted octanol–water partition coefficient (Wildman–Crippen LogP) is 1.86. The molecule has 1 aromatic carbocycles. The Balaban J connectivity index is 2.40. The summed E-state index contributed by atoms with van der Waals surface area (Å²) in [5.41, 5.74) is 6.89. The lowest BCUT2D eigenvalue weighted by molar-refractivity contribution is 0.628. The Labute approximate surface area is 80.4 Å². The number of nitrogens with two attached hydrogens (primary N) is 1. The summed E-state index contributed by atoms with van der Waals surface area (Å²) in [6.45, 7) is 0. The summed E-state index contributed by atoms with van der Waals surface area (Å²) in [7, 11) is 0. The van der Waals surface area contributed by atoms with Crippen molar-refractivity contribution in [2.75, 3.05) is 5.73 Å². The van der Waals surface area contributed by atoms with Gasteiger partial charge in [0.1, 0.15) is 11.6 Å². The van der Waals surface area contributed by atoms with E-state index in [-0.39, 0.29) is 5.82 Å². The number of nitrogen functional groups attached to an aromatic ring is 1. The van der Waals surface area contributed by atoms with Gasteiger partial charge < -0.3 is 5.73 Å². The van der Waals surface area contributed by atoms with E-state index in [2.05, 4.69) is 10.2 Å². The van der Waals surface area contributed by atoms with Crippen LogP contribution in [-0.2, 0) is 0 Å². The van der Waals surface area contributed by atoms with Crippen molar-refractivity contribution in [1.82, 2.24) is 10.2 Å². The number of halogens is 1. The summed E-state index contributed by atoms with van der Waals surface area (Å²) in [5, 5.41) is 7.59. The van der Waals surface area contributed by atoms with Gasteiger partial charge in [-0.15, -0.1) is 10.2 Å². The number of benzene rings is 1. The molecule has 1 heterocycles. The molecule has 2 N–H and O–H groups in total. The highest BCUT2D eigenvalue weighted by molar-refractivity contribution is 5.58. The van der Waals surface area contributed by atoms with Crippen molar-refractivity contribution in [3.05, 3.63) is 42.2 Å². The van der Waals surface area contributed by atoms with Gasteiger partial charge in [0.05, 0.1) is 5.69 Å². The molecular formula is C10H8FN3. The van der Waals surface area contributed by atoms with E-state index in [1.54, 1.807) is 24.3 Å². The van der Waals surface area contributed by atoms with Crippen LogP contribution in [0.25, 0.3) is 11.3 Å². The minimum absolute atomic E-state index is 0.267. The molecule has 4 heteroatoms. The van der Waals surface area contributed by atoms with Crippen molar-refractivity contribution in [2.45, 2.75) is 0 Å². The van der Waals surface area contributed by atoms with Crippen LogP contribution < -0.4 is 5.73 Å². The number of nitrogens with zero attached hydrogens (tertiary/aromatic N) is 2. The number of rotatable bonds is 1. The molecule has 70 valence electrons. The van der Waals surface area contributed by atoms with Crippen molar-refractivity contribution in [1.29, 1.82) is 0 Å². The molecule has 0 bridgehead atoms. The average Bonchev–Trinajstić information content (AvgIpc) is 2.21. The van der Waals surface area contributed by atoms with E-state index in [0.717, 1.165) is 5.56 Å². The molecule has 0 atom stereocenters. The average molecular weight is 189 g/mol. The minimum Gasteiger partial charge on any atom is -0.382 e. The van der Waals surface area contributed by atoms with E-state index < -0.39 is 0 Å². The molecule has 2 rings (SSSR count). The number of aromatic nitrogens is 2. The van der Waals surface area contributed by atoms with E-state index in [4.69, 9.17) is 5.73 Å². The molecule has 0 saturated heterocycles. The van der Waals surface area contributed by atoms with Gasteiger partial charge in [-0.2, -0.15) is 0 Å². The standard InChI is InChI=1S/C10H8FN3/c11-8-3-1-7(2-4-8)9-5-6-10(12)14-13-9/h1-6H,(H2,12,14). The van der Waals surface area contributed by atoms with Gasteiger partial charge in [0.2, 0.25) is 0 Å². The van der Waals surface area contributed by atoms with Crippen LogP contribution in [-0.4, -0.2) is 10.2 Å². The van der Waals surface area contributed by atoms with Gasteiger partial charge in [-0.05, 0) is 36.4 Å². The van der Waals surface area contributed by atoms with Crippen LogP contribution >= 0.6 is 0 Å². The fourth-order valence-corrected chi connectivity index (χ4v) is 1.12. The van der Waals surface area contributed by atoms with Crippen LogP contribution in [0.5, 0.6) is 0 Å². The summed E-state index contributed by atoms with van der Waals surface area (Å²) in [6.07, 6.45) is 0. The van der Waals surface area contributed by atoms with Crippen molar-refractivity contribution < 1.29 is 4.39 Å². The van der Waals surface area contributed by atoms with Gasteiger partial charge in [-0.25, -0.2) is 4.39 Å². The summed E-state index contributed by atoms with van der Waals surface area (Å²) in [6, 6.07) is 9.47. The van der Waals surface area contributed by atoms with E-state index in [0.29, 0.717) is 11.5 Å². The zero-order valence-electron chi connectivity index (χ0n) is 7.31. The number of hydrogen-bond donors (Lipinski definition) is 1. The van der Waals surface area contributed by atoms with Gasteiger partial charge in [-0.1, -0.05) is 0 Å². The second-order valence-corrected chi connectivity index (χ2v) is 2.85. The molecule has 0 saturated carbocycles. The van der Waals surface area contributed by atoms with Crippen molar-refractivity contribution in [3.8, 4) is 11.3 Å². The molecular weight excluding hydrogens is 181 g/mol. The third-order valence-corrected chi connectivity index (χ3v) is 1.83. The Morgan fingerprint density at radius 3 is 2.21 bits per heavy atom. The molecule has 0 radical (unpaired) electrons. The quantitative estimate of drug-likeness (QED) is 0.744. The molecule has 2 aromatic rings. The van der Waals surface area contributed by atoms with Crippen LogP contribution in [0.2, 0.25) is 0 Å². The molecule has 14 heavy (non-hydrogen) atoms. The Kier molecular flexibility index (Phi) is 2.10. The van der Waals surface area contributed by atoms with E-state index in [9.17, 15) is 4.39 Å². The Morgan fingerprint density at radius 2 is 1.64 bits per heavy atom. The van der Waals surface area contributed by atoms with Crippen molar-refractivity contribution in [2.24, 2.45) is 0 Å². The Bertz CT molecular complexity index is 379. The second kappa shape index (κ2) is 3.41. The highest BCUT2D eigenvalue weighted by Crippen LogP contribution is 2.16. The third-order valence-electron chi connectivity index (χ3n) is 1.83. The summed E-state index contributed by atoms with van der Waals surface area (Å²) < 4.78 is 12.6. The smallest absolute Gasteiger partial charge is 0.146 e. The maximum absolute atomic E-state index is 12.6. The van der Waals surface area contributed by atoms with Gasteiger partial charge >= 0.3 is 0 Å². The minimum atomic E-state index is -0.267. The van der Waals surface area contributed by atoms with Crippen molar-refractivity contribution >= 4 is 5.82 Å². The molecule has 0 spiro atoms. The van der Waals surface area contributed by atoms with E-state index in [1.165, 1.54) is 12.1 Å². The molecule has 0 aliphatic heterocycles. The molecule has 0 amide bonds. The number of anilines is 1. The molecule has 1 aromatic heterocycles. The van der Waals surface area contributed by atoms with Crippen LogP contribution in [0, 0.1) is 5.82 Å². The molecule has 0 aliphatic rings. The first-order valence-electron chi connectivity index (χ1n) is 4.11. The normalized spacial score (nSPS) is 10.1. The van der Waals surface area contributed by atoms with Crippen LogP contribution in [0.15, 0.2) is 36.4 Å². The van der Waals surface area contributed by atoms with Gasteiger partial charge in [-0.3, -0.25) is 0 Å². The van der Waals surface area contributed by atoms with Crippen molar-refractivity contribution in [3.63, 3.8) is 0 Å². The lowest BCUT2D eigenvalue weighted by atomic mass is 10.1. The Morgan fingerprint density at radius 1 is 0.929 bits per heavy atom. The topological polar surface area (TPSA) is 51.8 Å². The summed E-state index contributed by atoms with van der Waals surface area (Å²) in [4.78, 5) is 0. The SMILES string of the molecule is Nc1ccc(-c2ccc(F)cc2)nn1. The lowest BCUT2D eigenvalue weighted by Gasteiger charge is -1.99. The zero-order chi connectivity index (χ0) is 9.97. The lowest BCUT2D eigenvalue weighted by Crippen LogP contribution is -1.93. The monoisotopic (exact) mass is 189 g/mol. The molecule has 0 unspecified atom stereocenters. The molecule has 0 aliphatic carbocycles. The maximum atomic E-state index is 12.6. The Hall–Kier alpha value is -1.97. The van der Waals surface area contributed by atoms with E-state index >= 15 is 0 Å². The first kappa shape index (κ1) is 8.62. The highest BCUT2D eigenvalue weighted by Gasteiger charge is 1.99. The van der Waals surface area contributed by atoms with Gasteiger partial charge in [0, 0.05) is 5.56 Å². The van der Waals surface area contributed by atoms with Crippen LogP contribution in [0.1, 0.15) is 0 Å². The van der Waals surface area contributed by atoms with Gasteiger partial charge in [0.15, 0.2) is 0 Å². The van der Waals surface area contributed by atoms with E-state index in [1.807, 2.05) is 0 Å². The number of hydrogen-bond acceptors (Lipinski definition) is 3. The predicted molar refractivity (Wildman–Crippen MR) is 51.8 cm³/mol. The fraction of sp³-hybridized carbons (Fsp3) is 0. The summed E-state index contributed by atoms with van der Waals surface area (Å²) in [5.74, 6) is 0.105. The second-order valence-electron chi connectivity index (χ2n) is 2.85. The van der Waals surface area contributed by atoms with Crippen LogP contribution in [0.3, 0.4) is 0 Å². The third kappa shape index (κ3) is 1.69. The van der Waals surface area contributed by atoms with Gasteiger partial charge in [0.25, 0.3) is 0 Å².